The first-order chi connectivity index (χ1) is 11.6. The second-order valence-electron chi connectivity index (χ2n) is 5.75. The molecule has 0 unspecified atom stereocenters. The molecule has 3 heterocycles. The Labute approximate surface area is 139 Å². The van der Waals surface area contributed by atoms with Crippen LogP contribution in [0.25, 0.3) is 11.0 Å². The van der Waals surface area contributed by atoms with E-state index in [-0.39, 0.29) is 10.9 Å². The summed E-state index contributed by atoms with van der Waals surface area (Å²) in [6, 6.07) is 10.7. The topological polar surface area (TPSA) is 84.1 Å². The van der Waals surface area contributed by atoms with Gasteiger partial charge in [-0.1, -0.05) is 18.2 Å². The van der Waals surface area contributed by atoms with E-state index < -0.39 is 10.0 Å². The summed E-state index contributed by atoms with van der Waals surface area (Å²) in [5, 5.41) is 0.586. The molecule has 0 fully saturated rings. The van der Waals surface area contributed by atoms with Crippen molar-refractivity contribution >= 4 is 21.1 Å². The average molecular weight is 343 g/mol. The molecule has 1 atom stereocenters. The molecule has 1 aliphatic heterocycles. The van der Waals surface area contributed by atoms with Crippen molar-refractivity contribution in [2.24, 2.45) is 0 Å². The average Bonchev–Trinajstić information content (AvgIpc) is 2.93. The molecule has 6 nitrogen and oxygen atoms in total. The Hall–Kier alpha value is -2.38. The summed E-state index contributed by atoms with van der Waals surface area (Å²) in [5.74, 6) is 0.739. The molecule has 0 saturated carbocycles. The molecule has 0 saturated heterocycles. The van der Waals surface area contributed by atoms with Crippen LogP contribution in [0.4, 0.5) is 0 Å². The van der Waals surface area contributed by atoms with Crippen LogP contribution in [-0.4, -0.2) is 25.0 Å². The van der Waals surface area contributed by atoms with Crippen LogP contribution in [0, 0.1) is 0 Å². The molecule has 24 heavy (non-hydrogen) atoms. The fourth-order valence-corrected chi connectivity index (χ4v) is 4.47. The first-order valence-corrected chi connectivity index (χ1v) is 9.29. The van der Waals surface area contributed by atoms with Gasteiger partial charge in [0.15, 0.2) is 0 Å². The van der Waals surface area contributed by atoms with Gasteiger partial charge in [-0.25, -0.2) is 18.1 Å². The van der Waals surface area contributed by atoms with Gasteiger partial charge < -0.3 is 9.72 Å². The van der Waals surface area contributed by atoms with Crippen molar-refractivity contribution in [2.45, 2.75) is 23.8 Å². The van der Waals surface area contributed by atoms with Gasteiger partial charge in [0.1, 0.15) is 16.3 Å². The molecule has 0 radical (unpaired) electrons. The smallest absolute Gasteiger partial charge is 0.243 e. The zero-order valence-corrected chi connectivity index (χ0v) is 13.7. The predicted molar refractivity (Wildman–Crippen MR) is 90.3 cm³/mol. The number of nitrogens with zero attached hydrogens (tertiary/aromatic N) is 1. The zero-order valence-electron chi connectivity index (χ0n) is 12.9. The lowest BCUT2D eigenvalue weighted by molar-refractivity contribution is 0.316. The van der Waals surface area contributed by atoms with Crippen LogP contribution in [0.2, 0.25) is 0 Å². The molecule has 1 aromatic carbocycles. The van der Waals surface area contributed by atoms with E-state index in [1.165, 1.54) is 6.20 Å². The molecule has 0 spiro atoms. The van der Waals surface area contributed by atoms with Gasteiger partial charge in [-0.2, -0.15) is 0 Å². The van der Waals surface area contributed by atoms with Crippen molar-refractivity contribution in [3.8, 4) is 5.75 Å². The van der Waals surface area contributed by atoms with E-state index in [0.717, 1.165) is 17.7 Å². The summed E-state index contributed by atoms with van der Waals surface area (Å²) in [5.41, 5.74) is 1.43. The summed E-state index contributed by atoms with van der Waals surface area (Å²) in [7, 11) is -3.68. The number of hydrogen-bond donors (Lipinski definition) is 2. The highest BCUT2D eigenvalue weighted by Crippen LogP contribution is 2.33. The number of pyridine rings is 1. The van der Waals surface area contributed by atoms with Gasteiger partial charge in [0.05, 0.1) is 12.6 Å². The predicted octanol–water partition coefficient (Wildman–Crippen LogP) is 2.76. The number of H-pyrrole nitrogens is 1. The maximum Gasteiger partial charge on any atom is 0.243 e. The molecular formula is C17H17N3O3S. The van der Waals surface area contributed by atoms with Crippen molar-refractivity contribution in [3.05, 3.63) is 54.4 Å². The fourth-order valence-electron chi connectivity index (χ4n) is 3.05. The number of nitrogens with one attached hydrogen (secondary N) is 2. The third-order valence-corrected chi connectivity index (χ3v) is 5.70. The van der Waals surface area contributed by atoms with Crippen LogP contribution < -0.4 is 9.46 Å². The Balaban J connectivity index is 1.72. The van der Waals surface area contributed by atoms with E-state index >= 15 is 0 Å². The number of sulfonamides is 1. The lowest BCUT2D eigenvalue weighted by atomic mass is 10.0. The molecule has 3 aromatic rings. The molecule has 7 heteroatoms. The highest BCUT2D eigenvalue weighted by atomic mass is 32.2. The van der Waals surface area contributed by atoms with Crippen LogP contribution in [0.3, 0.4) is 0 Å². The number of aromatic nitrogens is 2. The fraction of sp³-hybridized carbons (Fsp3) is 0.235. The van der Waals surface area contributed by atoms with Crippen LogP contribution in [-0.2, 0) is 10.0 Å². The van der Waals surface area contributed by atoms with Crippen LogP contribution in [0.5, 0.6) is 5.75 Å². The maximum atomic E-state index is 12.9. The van der Waals surface area contributed by atoms with Gasteiger partial charge in [0, 0.05) is 23.3 Å². The minimum Gasteiger partial charge on any atom is -0.493 e. The summed E-state index contributed by atoms with van der Waals surface area (Å²) in [6.07, 6.45) is 4.59. The van der Waals surface area contributed by atoms with Crippen LogP contribution >= 0.6 is 0 Å². The molecule has 4 rings (SSSR count). The number of hydrogen-bond acceptors (Lipinski definition) is 4. The van der Waals surface area contributed by atoms with Gasteiger partial charge in [-0.05, 0) is 31.0 Å². The Morgan fingerprint density at radius 3 is 3.00 bits per heavy atom. The molecule has 0 amide bonds. The van der Waals surface area contributed by atoms with Crippen molar-refractivity contribution in [1.82, 2.24) is 14.7 Å². The Morgan fingerprint density at radius 1 is 1.21 bits per heavy atom. The number of rotatable bonds is 3. The minimum absolute atomic E-state index is 0.216. The first kappa shape index (κ1) is 15.2. The summed E-state index contributed by atoms with van der Waals surface area (Å²) < 4.78 is 34.3. The van der Waals surface area contributed by atoms with E-state index in [0.29, 0.717) is 24.1 Å². The van der Waals surface area contributed by atoms with E-state index in [9.17, 15) is 8.42 Å². The van der Waals surface area contributed by atoms with Gasteiger partial charge in [0.2, 0.25) is 10.0 Å². The highest BCUT2D eigenvalue weighted by Gasteiger charge is 2.27. The highest BCUT2D eigenvalue weighted by molar-refractivity contribution is 7.89. The molecule has 0 aliphatic carbocycles. The van der Waals surface area contributed by atoms with Crippen molar-refractivity contribution in [2.75, 3.05) is 6.61 Å². The van der Waals surface area contributed by atoms with Crippen molar-refractivity contribution in [1.29, 1.82) is 0 Å². The molecule has 0 bridgehead atoms. The minimum atomic E-state index is -3.68. The van der Waals surface area contributed by atoms with E-state index in [2.05, 4.69) is 14.7 Å². The van der Waals surface area contributed by atoms with Crippen molar-refractivity contribution < 1.29 is 13.2 Å². The number of fused-ring (bicyclic) bond motifs is 2. The molecule has 1 aliphatic rings. The molecule has 124 valence electrons. The van der Waals surface area contributed by atoms with Crippen molar-refractivity contribution in [3.63, 3.8) is 0 Å². The number of para-hydroxylation sites is 1. The maximum absolute atomic E-state index is 12.9. The van der Waals surface area contributed by atoms with Gasteiger partial charge in [-0.15, -0.1) is 0 Å². The van der Waals surface area contributed by atoms with Crippen LogP contribution in [0.1, 0.15) is 24.4 Å². The Bertz CT molecular complexity index is 981. The molecular weight excluding hydrogens is 326 g/mol. The van der Waals surface area contributed by atoms with E-state index in [4.69, 9.17) is 4.74 Å². The van der Waals surface area contributed by atoms with Gasteiger partial charge in [-0.3, -0.25) is 0 Å². The number of benzene rings is 1. The molecule has 2 N–H and O–H groups in total. The standard InChI is InChI=1S/C17H17N3O3S/c21-24(22,16-11-19-17-13(16)6-3-9-18-17)20-14-7-4-10-23-15-8-2-1-5-12(14)15/h1-3,5-6,8-9,11,14,20H,4,7,10H2,(H,18,19)/t14-/m1/s1. The summed E-state index contributed by atoms with van der Waals surface area (Å²) >= 11 is 0. The molecule has 2 aromatic heterocycles. The lowest BCUT2D eigenvalue weighted by Crippen LogP contribution is -2.28. The lowest BCUT2D eigenvalue weighted by Gasteiger charge is -2.18. The third-order valence-electron chi connectivity index (χ3n) is 4.19. The monoisotopic (exact) mass is 343 g/mol. The van der Waals surface area contributed by atoms with Gasteiger partial charge in [0.25, 0.3) is 0 Å². The first-order valence-electron chi connectivity index (χ1n) is 7.81. The largest absolute Gasteiger partial charge is 0.493 e. The van der Waals surface area contributed by atoms with Crippen LogP contribution in [0.15, 0.2) is 53.7 Å². The Kier molecular flexibility index (Phi) is 3.74. The summed E-state index contributed by atoms with van der Waals surface area (Å²) in [4.78, 5) is 7.27. The SMILES string of the molecule is O=S(=O)(N[C@@H]1CCCOc2ccccc21)c1c[nH]c2ncccc12. The second kappa shape index (κ2) is 5.92. The third kappa shape index (κ3) is 2.65. The second-order valence-corrected chi connectivity index (χ2v) is 7.44. The Morgan fingerprint density at radius 2 is 2.08 bits per heavy atom. The van der Waals surface area contributed by atoms with E-state index in [1.807, 2.05) is 24.3 Å². The van der Waals surface area contributed by atoms with Gasteiger partial charge >= 0.3 is 0 Å². The normalized spacial score (nSPS) is 17.9. The number of aromatic amines is 1. The quantitative estimate of drug-likeness (QED) is 0.766. The summed E-state index contributed by atoms with van der Waals surface area (Å²) in [6.45, 7) is 0.590. The van der Waals surface area contributed by atoms with E-state index in [1.54, 1.807) is 18.3 Å². The number of ether oxygens (including phenoxy) is 1. The zero-order chi connectivity index (χ0) is 16.6.